The van der Waals surface area contributed by atoms with Gasteiger partial charge in [-0.25, -0.2) is 8.78 Å². The van der Waals surface area contributed by atoms with E-state index in [0.717, 1.165) is 9.86 Å². The van der Waals surface area contributed by atoms with Crippen molar-refractivity contribution in [3.05, 3.63) is 34.9 Å². The number of aromatic nitrogens is 1. The van der Waals surface area contributed by atoms with Crippen LogP contribution in [0.5, 0.6) is 0 Å². The molecule has 2 aromatic rings. The summed E-state index contributed by atoms with van der Waals surface area (Å²) in [4.78, 5) is 4.24. The molecule has 0 aliphatic carbocycles. The Bertz CT molecular complexity index is 531. The average molecular weight is 301 g/mol. The van der Waals surface area contributed by atoms with Gasteiger partial charge in [-0.1, -0.05) is 12.1 Å². The SMILES string of the molecule is CC(Nc1cccc2cc(Br)cnc12)C(F)F. The van der Waals surface area contributed by atoms with Crippen molar-refractivity contribution in [2.45, 2.75) is 19.4 Å². The third-order valence-corrected chi connectivity index (χ3v) is 2.87. The molecule has 90 valence electrons. The minimum absolute atomic E-state index is 0.628. The van der Waals surface area contributed by atoms with Crippen LogP contribution in [-0.2, 0) is 0 Å². The smallest absolute Gasteiger partial charge is 0.258 e. The van der Waals surface area contributed by atoms with E-state index in [4.69, 9.17) is 0 Å². The number of hydrogen-bond donors (Lipinski definition) is 1. The van der Waals surface area contributed by atoms with Crippen LogP contribution in [0.3, 0.4) is 0 Å². The van der Waals surface area contributed by atoms with Crippen LogP contribution < -0.4 is 5.32 Å². The number of nitrogens with zero attached hydrogens (tertiary/aromatic N) is 1. The molecule has 1 N–H and O–H groups in total. The number of anilines is 1. The number of hydrogen-bond acceptors (Lipinski definition) is 2. The molecule has 0 aliphatic heterocycles. The number of halogens is 3. The fourth-order valence-corrected chi connectivity index (χ4v) is 1.91. The topological polar surface area (TPSA) is 24.9 Å². The van der Waals surface area contributed by atoms with Gasteiger partial charge in [0.05, 0.1) is 17.2 Å². The molecule has 1 aromatic heterocycles. The summed E-state index contributed by atoms with van der Waals surface area (Å²) < 4.78 is 25.8. The minimum atomic E-state index is -2.40. The van der Waals surface area contributed by atoms with Gasteiger partial charge in [-0.3, -0.25) is 4.98 Å². The van der Waals surface area contributed by atoms with Gasteiger partial charge in [-0.15, -0.1) is 0 Å². The second kappa shape index (κ2) is 4.96. The monoisotopic (exact) mass is 300 g/mol. The van der Waals surface area contributed by atoms with Crippen molar-refractivity contribution in [3.63, 3.8) is 0 Å². The van der Waals surface area contributed by atoms with Crippen LogP contribution in [-0.4, -0.2) is 17.5 Å². The highest BCUT2D eigenvalue weighted by Crippen LogP contribution is 2.25. The fraction of sp³-hybridized carbons (Fsp3) is 0.250. The van der Waals surface area contributed by atoms with Gasteiger partial charge >= 0.3 is 0 Å². The number of pyridine rings is 1. The molecule has 2 rings (SSSR count). The third-order valence-electron chi connectivity index (χ3n) is 2.44. The molecular weight excluding hydrogens is 290 g/mol. The van der Waals surface area contributed by atoms with Gasteiger partial charge in [0.2, 0.25) is 0 Å². The zero-order valence-corrected chi connectivity index (χ0v) is 10.7. The highest BCUT2D eigenvalue weighted by molar-refractivity contribution is 9.10. The molecule has 1 heterocycles. The molecule has 1 aromatic carbocycles. The van der Waals surface area contributed by atoms with Crippen molar-refractivity contribution >= 4 is 32.5 Å². The lowest BCUT2D eigenvalue weighted by Crippen LogP contribution is -2.23. The normalized spacial score (nSPS) is 13.0. The first-order chi connectivity index (χ1) is 8.08. The van der Waals surface area contributed by atoms with Crippen LogP contribution in [0.4, 0.5) is 14.5 Å². The number of rotatable bonds is 3. The predicted octanol–water partition coefficient (Wildman–Crippen LogP) is 4.06. The highest BCUT2D eigenvalue weighted by atomic mass is 79.9. The van der Waals surface area contributed by atoms with Gasteiger partial charge in [0, 0.05) is 16.1 Å². The van der Waals surface area contributed by atoms with E-state index in [9.17, 15) is 8.78 Å². The Hall–Kier alpha value is -1.23. The number of nitrogens with one attached hydrogen (secondary N) is 1. The van der Waals surface area contributed by atoms with Crippen molar-refractivity contribution in [1.29, 1.82) is 0 Å². The molecule has 0 saturated carbocycles. The molecule has 0 fully saturated rings. The lowest BCUT2D eigenvalue weighted by molar-refractivity contribution is 0.131. The third kappa shape index (κ3) is 2.72. The van der Waals surface area contributed by atoms with Crippen molar-refractivity contribution < 1.29 is 8.78 Å². The van der Waals surface area contributed by atoms with E-state index in [1.807, 2.05) is 18.2 Å². The van der Waals surface area contributed by atoms with Crippen molar-refractivity contribution in [2.75, 3.05) is 5.32 Å². The van der Waals surface area contributed by atoms with E-state index in [2.05, 4.69) is 26.2 Å². The largest absolute Gasteiger partial charge is 0.375 e. The molecule has 0 bridgehead atoms. The van der Waals surface area contributed by atoms with Crippen molar-refractivity contribution in [3.8, 4) is 0 Å². The fourth-order valence-electron chi connectivity index (χ4n) is 1.56. The van der Waals surface area contributed by atoms with Gasteiger partial charge in [0.1, 0.15) is 0 Å². The molecular formula is C12H11BrF2N2. The molecule has 0 radical (unpaired) electrons. The molecule has 0 saturated heterocycles. The number of alkyl halides is 2. The second-order valence-electron chi connectivity index (χ2n) is 3.80. The van der Waals surface area contributed by atoms with E-state index in [0.29, 0.717) is 11.2 Å². The Labute approximate surface area is 106 Å². The van der Waals surface area contributed by atoms with Crippen LogP contribution >= 0.6 is 15.9 Å². The lowest BCUT2D eigenvalue weighted by atomic mass is 10.2. The van der Waals surface area contributed by atoms with Gasteiger partial charge < -0.3 is 5.32 Å². The van der Waals surface area contributed by atoms with Crippen LogP contribution in [0.2, 0.25) is 0 Å². The van der Waals surface area contributed by atoms with Crippen LogP contribution in [0, 0.1) is 0 Å². The maximum Gasteiger partial charge on any atom is 0.258 e. The van der Waals surface area contributed by atoms with E-state index >= 15 is 0 Å². The molecule has 1 unspecified atom stereocenters. The summed E-state index contributed by atoms with van der Waals surface area (Å²) >= 11 is 3.33. The number of benzene rings is 1. The molecule has 1 atom stereocenters. The van der Waals surface area contributed by atoms with E-state index in [1.165, 1.54) is 6.92 Å². The summed E-state index contributed by atoms with van der Waals surface area (Å²) in [5.74, 6) is 0. The number of fused-ring (bicyclic) bond motifs is 1. The standard InChI is InChI=1S/C12H11BrF2N2/c1-7(12(14)15)17-10-4-2-3-8-5-9(13)6-16-11(8)10/h2-7,12,17H,1H3. The molecule has 0 amide bonds. The number of para-hydroxylation sites is 1. The van der Waals surface area contributed by atoms with Gasteiger partial charge in [-0.2, -0.15) is 0 Å². The summed E-state index contributed by atoms with van der Waals surface area (Å²) in [7, 11) is 0. The average Bonchev–Trinajstić information content (AvgIpc) is 2.28. The summed E-state index contributed by atoms with van der Waals surface area (Å²) in [6.07, 6.45) is -0.749. The highest BCUT2D eigenvalue weighted by Gasteiger charge is 2.15. The van der Waals surface area contributed by atoms with Crippen LogP contribution in [0.25, 0.3) is 10.9 Å². The first-order valence-electron chi connectivity index (χ1n) is 5.17. The maximum absolute atomic E-state index is 12.5. The lowest BCUT2D eigenvalue weighted by Gasteiger charge is -2.15. The second-order valence-corrected chi connectivity index (χ2v) is 4.71. The first kappa shape index (κ1) is 12.2. The molecule has 5 heteroatoms. The Balaban J connectivity index is 2.41. The maximum atomic E-state index is 12.5. The summed E-state index contributed by atoms with van der Waals surface area (Å²) in [5, 5.41) is 3.68. The quantitative estimate of drug-likeness (QED) is 0.924. The van der Waals surface area contributed by atoms with E-state index in [1.54, 1.807) is 12.3 Å². The molecule has 0 aliphatic rings. The zero-order chi connectivity index (χ0) is 12.4. The van der Waals surface area contributed by atoms with Gasteiger partial charge in [0.25, 0.3) is 6.43 Å². The minimum Gasteiger partial charge on any atom is -0.375 e. The Kier molecular flexibility index (Phi) is 3.57. The Morgan fingerprint density at radius 1 is 1.35 bits per heavy atom. The van der Waals surface area contributed by atoms with E-state index in [-0.39, 0.29) is 0 Å². The predicted molar refractivity (Wildman–Crippen MR) is 68.5 cm³/mol. The van der Waals surface area contributed by atoms with E-state index < -0.39 is 12.5 Å². The summed E-state index contributed by atoms with van der Waals surface area (Å²) in [6.45, 7) is 1.45. The van der Waals surface area contributed by atoms with Gasteiger partial charge in [-0.05, 0) is 35.0 Å². The van der Waals surface area contributed by atoms with Gasteiger partial charge in [0.15, 0.2) is 0 Å². The molecule has 17 heavy (non-hydrogen) atoms. The molecule has 2 nitrogen and oxygen atoms in total. The zero-order valence-electron chi connectivity index (χ0n) is 9.12. The van der Waals surface area contributed by atoms with Crippen molar-refractivity contribution in [2.24, 2.45) is 0 Å². The Morgan fingerprint density at radius 3 is 2.82 bits per heavy atom. The summed E-state index contributed by atoms with van der Waals surface area (Å²) in [5.41, 5.74) is 1.33. The van der Waals surface area contributed by atoms with Crippen molar-refractivity contribution in [1.82, 2.24) is 4.98 Å². The van der Waals surface area contributed by atoms with Crippen LogP contribution in [0.15, 0.2) is 34.9 Å². The Morgan fingerprint density at radius 2 is 2.12 bits per heavy atom. The summed E-state index contributed by atoms with van der Waals surface area (Å²) in [6, 6.07) is 6.47. The molecule has 0 spiro atoms. The van der Waals surface area contributed by atoms with Crippen LogP contribution in [0.1, 0.15) is 6.92 Å². The first-order valence-corrected chi connectivity index (χ1v) is 5.96.